The molecule has 1 fully saturated rings. The number of hydrogen-bond donors (Lipinski definition) is 2. The summed E-state index contributed by atoms with van der Waals surface area (Å²) in [7, 11) is 0. The quantitative estimate of drug-likeness (QED) is 0.890. The lowest BCUT2D eigenvalue weighted by atomic mass is 10.1. The molecule has 2 rings (SSSR count). The average molecular weight is 333 g/mol. The van der Waals surface area contributed by atoms with E-state index in [0.717, 1.165) is 9.35 Å². The lowest BCUT2D eigenvalue weighted by Gasteiger charge is -2.16. The molecule has 1 atom stereocenters. The summed E-state index contributed by atoms with van der Waals surface area (Å²) >= 11 is 4.96. The molecule has 7 heteroatoms. The molecule has 1 unspecified atom stereocenters. The van der Waals surface area contributed by atoms with E-state index in [1.165, 1.54) is 0 Å². The van der Waals surface area contributed by atoms with Gasteiger partial charge in [-0.25, -0.2) is 4.79 Å². The molecule has 0 aliphatic carbocycles. The minimum Gasteiger partial charge on any atom is -0.481 e. The summed E-state index contributed by atoms with van der Waals surface area (Å²) in [5, 5.41) is 13.6. The fourth-order valence-corrected chi connectivity index (χ4v) is 3.30. The van der Waals surface area contributed by atoms with Crippen molar-refractivity contribution in [2.75, 3.05) is 13.1 Å². The molecule has 0 bridgehead atoms. The highest BCUT2D eigenvalue weighted by Crippen LogP contribution is 2.22. The molecule has 2 heterocycles. The van der Waals surface area contributed by atoms with Crippen LogP contribution in [0.4, 0.5) is 4.79 Å². The van der Waals surface area contributed by atoms with Crippen LogP contribution in [-0.2, 0) is 11.3 Å². The summed E-state index contributed by atoms with van der Waals surface area (Å²) in [6.07, 6.45) is 0.533. The number of nitrogens with one attached hydrogen (secondary N) is 1. The van der Waals surface area contributed by atoms with E-state index < -0.39 is 11.9 Å². The minimum atomic E-state index is -0.827. The molecule has 1 aromatic heterocycles. The van der Waals surface area contributed by atoms with Gasteiger partial charge in [-0.3, -0.25) is 4.79 Å². The number of amides is 2. The van der Waals surface area contributed by atoms with Crippen molar-refractivity contribution in [1.29, 1.82) is 0 Å². The van der Waals surface area contributed by atoms with Gasteiger partial charge in [0.15, 0.2) is 0 Å². The van der Waals surface area contributed by atoms with Crippen LogP contribution in [0.1, 0.15) is 11.3 Å². The van der Waals surface area contributed by atoms with Gasteiger partial charge in [-0.15, -0.1) is 11.3 Å². The number of carboxylic acid groups (broad SMARTS) is 1. The van der Waals surface area contributed by atoms with Gasteiger partial charge in [0.05, 0.1) is 12.5 Å². The second-order valence-electron chi connectivity index (χ2n) is 4.12. The predicted molar refractivity (Wildman–Crippen MR) is 71.6 cm³/mol. The molecule has 0 radical (unpaired) electrons. The molecule has 1 aliphatic heterocycles. The molecular weight excluding hydrogens is 320 g/mol. The Labute approximate surface area is 117 Å². The van der Waals surface area contributed by atoms with Crippen LogP contribution in [0.5, 0.6) is 0 Å². The molecule has 1 saturated heterocycles. The highest BCUT2D eigenvalue weighted by Gasteiger charge is 2.30. The standard InChI is InChI=1S/C11H13BrN2O3S/c12-8-2-4-18-9(8)5-13-11(17)14-3-1-7(6-14)10(15)16/h2,4,7H,1,3,5-6H2,(H,13,17)(H,15,16). The Balaban J connectivity index is 1.83. The zero-order valence-electron chi connectivity index (χ0n) is 9.56. The summed E-state index contributed by atoms with van der Waals surface area (Å²) in [6.45, 7) is 1.27. The monoisotopic (exact) mass is 332 g/mol. The first-order chi connectivity index (χ1) is 8.58. The maximum absolute atomic E-state index is 11.8. The first-order valence-electron chi connectivity index (χ1n) is 5.55. The van der Waals surface area contributed by atoms with Crippen molar-refractivity contribution in [2.45, 2.75) is 13.0 Å². The highest BCUT2D eigenvalue weighted by molar-refractivity contribution is 9.10. The Morgan fingerprint density at radius 3 is 2.94 bits per heavy atom. The number of hydrogen-bond acceptors (Lipinski definition) is 3. The molecular formula is C11H13BrN2O3S. The van der Waals surface area contributed by atoms with Crippen LogP contribution in [0.3, 0.4) is 0 Å². The molecule has 18 heavy (non-hydrogen) atoms. The summed E-state index contributed by atoms with van der Waals surface area (Å²) in [5.41, 5.74) is 0. The smallest absolute Gasteiger partial charge is 0.317 e. The molecule has 2 N–H and O–H groups in total. The van der Waals surface area contributed by atoms with Crippen molar-refractivity contribution >= 4 is 39.3 Å². The number of halogens is 1. The summed E-state index contributed by atoms with van der Waals surface area (Å²) in [5.74, 6) is -1.25. The average Bonchev–Trinajstić information content (AvgIpc) is 2.94. The van der Waals surface area contributed by atoms with Gasteiger partial charge in [-0.1, -0.05) is 0 Å². The number of nitrogens with zero attached hydrogens (tertiary/aromatic N) is 1. The number of carbonyl (C=O) groups is 2. The Morgan fingerprint density at radius 2 is 2.39 bits per heavy atom. The fraction of sp³-hybridized carbons (Fsp3) is 0.455. The van der Waals surface area contributed by atoms with Crippen LogP contribution in [-0.4, -0.2) is 35.1 Å². The summed E-state index contributed by atoms with van der Waals surface area (Å²) in [4.78, 5) is 25.2. The van der Waals surface area contributed by atoms with E-state index in [1.54, 1.807) is 16.2 Å². The van der Waals surface area contributed by atoms with Gasteiger partial charge in [-0.2, -0.15) is 0 Å². The van der Waals surface area contributed by atoms with Crippen molar-refractivity contribution in [3.05, 3.63) is 20.8 Å². The minimum absolute atomic E-state index is 0.195. The van der Waals surface area contributed by atoms with Gasteiger partial charge in [0.25, 0.3) is 0 Å². The lowest BCUT2D eigenvalue weighted by Crippen LogP contribution is -2.38. The number of urea groups is 1. The second-order valence-corrected chi connectivity index (χ2v) is 5.98. The Bertz CT molecular complexity index is 463. The van der Waals surface area contributed by atoms with E-state index in [1.807, 2.05) is 11.4 Å². The van der Waals surface area contributed by atoms with Crippen molar-refractivity contribution in [1.82, 2.24) is 10.2 Å². The SMILES string of the molecule is O=C(O)C1CCN(C(=O)NCc2sccc2Br)C1. The van der Waals surface area contributed by atoms with Gasteiger partial charge in [-0.05, 0) is 33.8 Å². The third kappa shape index (κ3) is 3.02. The Hall–Kier alpha value is -1.08. The summed E-state index contributed by atoms with van der Waals surface area (Å²) < 4.78 is 0.984. The number of aliphatic carboxylic acids is 1. The number of carboxylic acids is 1. The zero-order chi connectivity index (χ0) is 13.1. The topological polar surface area (TPSA) is 69.6 Å². The van der Waals surface area contributed by atoms with Crippen LogP contribution >= 0.6 is 27.3 Å². The molecule has 0 aromatic carbocycles. The van der Waals surface area contributed by atoms with Crippen LogP contribution in [0, 0.1) is 5.92 Å². The Kier molecular flexibility index (Phi) is 4.23. The zero-order valence-corrected chi connectivity index (χ0v) is 12.0. The van der Waals surface area contributed by atoms with E-state index in [2.05, 4.69) is 21.2 Å². The maximum Gasteiger partial charge on any atom is 0.317 e. The largest absolute Gasteiger partial charge is 0.481 e. The van der Waals surface area contributed by atoms with Gasteiger partial charge in [0, 0.05) is 22.4 Å². The third-order valence-corrected chi connectivity index (χ3v) is 4.84. The molecule has 98 valence electrons. The number of likely N-dealkylation sites (tertiary alicyclic amines) is 1. The third-order valence-electron chi connectivity index (χ3n) is 2.92. The van der Waals surface area contributed by atoms with E-state index >= 15 is 0 Å². The molecule has 0 saturated carbocycles. The molecule has 2 amide bonds. The van der Waals surface area contributed by atoms with Gasteiger partial charge >= 0.3 is 12.0 Å². The van der Waals surface area contributed by atoms with Gasteiger partial charge < -0.3 is 15.3 Å². The Morgan fingerprint density at radius 1 is 1.61 bits per heavy atom. The van der Waals surface area contributed by atoms with E-state index in [4.69, 9.17) is 5.11 Å². The normalized spacial score (nSPS) is 18.9. The van der Waals surface area contributed by atoms with Crippen LogP contribution in [0.25, 0.3) is 0 Å². The first kappa shape index (κ1) is 13.4. The van der Waals surface area contributed by atoms with E-state index in [9.17, 15) is 9.59 Å². The first-order valence-corrected chi connectivity index (χ1v) is 7.22. The molecule has 1 aromatic rings. The second kappa shape index (κ2) is 5.71. The van der Waals surface area contributed by atoms with Crippen LogP contribution < -0.4 is 5.32 Å². The fourth-order valence-electron chi connectivity index (χ4n) is 1.87. The van der Waals surface area contributed by atoms with E-state index in [-0.39, 0.29) is 6.03 Å². The van der Waals surface area contributed by atoms with Crippen LogP contribution in [0.15, 0.2) is 15.9 Å². The number of rotatable bonds is 3. The van der Waals surface area contributed by atoms with Gasteiger partial charge in [0.2, 0.25) is 0 Å². The molecule has 5 nitrogen and oxygen atoms in total. The van der Waals surface area contributed by atoms with Crippen molar-refractivity contribution in [2.24, 2.45) is 5.92 Å². The highest BCUT2D eigenvalue weighted by atomic mass is 79.9. The van der Waals surface area contributed by atoms with E-state index in [0.29, 0.717) is 26.1 Å². The number of carbonyl (C=O) groups excluding carboxylic acids is 1. The predicted octanol–water partition coefficient (Wildman–Crippen LogP) is 2.13. The van der Waals surface area contributed by atoms with Crippen molar-refractivity contribution in [3.63, 3.8) is 0 Å². The van der Waals surface area contributed by atoms with Crippen molar-refractivity contribution in [3.8, 4) is 0 Å². The summed E-state index contributed by atoms with van der Waals surface area (Å²) in [6, 6.07) is 1.74. The molecule has 0 spiro atoms. The van der Waals surface area contributed by atoms with Crippen molar-refractivity contribution < 1.29 is 14.7 Å². The van der Waals surface area contributed by atoms with Gasteiger partial charge in [0.1, 0.15) is 0 Å². The number of thiophene rings is 1. The molecule has 1 aliphatic rings. The lowest BCUT2D eigenvalue weighted by molar-refractivity contribution is -0.141. The maximum atomic E-state index is 11.8. The van der Waals surface area contributed by atoms with Crippen LogP contribution in [0.2, 0.25) is 0 Å².